The summed E-state index contributed by atoms with van der Waals surface area (Å²) >= 11 is 0. The molecule has 71 heavy (non-hydrogen) atoms. The number of likely N-dealkylation sites (tertiary alicyclic amines) is 1. The summed E-state index contributed by atoms with van der Waals surface area (Å²) < 4.78 is 16.7. The summed E-state index contributed by atoms with van der Waals surface area (Å²) in [5.41, 5.74) is -0.689. The third-order valence-corrected chi connectivity index (χ3v) is 11.5. The molecule has 8 N–H and O–H groups in total. The van der Waals surface area contributed by atoms with Crippen molar-refractivity contribution in [3.8, 4) is 0 Å². The Morgan fingerprint density at radius 3 is 2.13 bits per heavy atom. The highest BCUT2D eigenvalue weighted by Gasteiger charge is 2.39. The first kappa shape index (κ1) is 56.6. The molecule has 3 aromatic rings. The van der Waals surface area contributed by atoms with Crippen LogP contribution in [0, 0.1) is 5.92 Å². The van der Waals surface area contributed by atoms with Crippen LogP contribution in [-0.4, -0.2) is 119 Å². The van der Waals surface area contributed by atoms with Crippen molar-refractivity contribution in [1.82, 2.24) is 36.5 Å². The van der Waals surface area contributed by atoms with E-state index in [9.17, 15) is 43.2 Å². The van der Waals surface area contributed by atoms with Gasteiger partial charge in [0.05, 0.1) is 11.7 Å². The number of likely N-dealkylation sites (N-methyl/N-ethyl adjacent to an activating group) is 1. The smallest absolute Gasteiger partial charge is 0.412 e. The topological polar surface area (TPSA) is 285 Å². The molecule has 0 spiro atoms. The molecule has 2 aromatic carbocycles. The predicted molar refractivity (Wildman–Crippen MR) is 266 cm³/mol. The molecular formula is C50H71N9O12. The minimum atomic E-state index is -1.36. The van der Waals surface area contributed by atoms with Crippen LogP contribution in [0.5, 0.6) is 0 Å². The third-order valence-electron chi connectivity index (χ3n) is 11.5. The number of ether oxygens (including phenoxy) is 3. The van der Waals surface area contributed by atoms with E-state index in [0.29, 0.717) is 18.4 Å². The van der Waals surface area contributed by atoms with E-state index in [4.69, 9.17) is 14.2 Å². The number of pyridine rings is 1. The number of carbonyl (C=O) groups is 8. The van der Waals surface area contributed by atoms with Crippen molar-refractivity contribution in [3.63, 3.8) is 0 Å². The first-order valence-corrected chi connectivity index (χ1v) is 23.8. The second-order valence-electron chi connectivity index (χ2n) is 19.6. The number of aromatic amines is 1. The Balaban J connectivity index is 1.43. The van der Waals surface area contributed by atoms with E-state index in [-0.39, 0.29) is 49.2 Å². The van der Waals surface area contributed by atoms with Gasteiger partial charge in [0, 0.05) is 42.8 Å². The maximum atomic E-state index is 14.2. The first-order valence-electron chi connectivity index (χ1n) is 23.8. The highest BCUT2D eigenvalue weighted by atomic mass is 16.6. The minimum absolute atomic E-state index is 0.00418. The Morgan fingerprint density at radius 2 is 1.49 bits per heavy atom. The van der Waals surface area contributed by atoms with Gasteiger partial charge in [-0.1, -0.05) is 50.6 Å². The molecule has 4 rings (SSSR count). The fourth-order valence-corrected chi connectivity index (χ4v) is 7.70. The third kappa shape index (κ3) is 17.1. The zero-order valence-corrected chi connectivity index (χ0v) is 42.5. The van der Waals surface area contributed by atoms with Crippen molar-refractivity contribution in [2.75, 3.05) is 24.2 Å². The number of amides is 8. The molecule has 0 bridgehead atoms. The minimum Gasteiger partial charge on any atom is -0.460 e. The molecule has 1 aromatic heterocycles. The molecule has 0 unspecified atom stereocenters. The number of H-pyrrole nitrogens is 1. The quantitative estimate of drug-likeness (QED) is 0.0734. The second kappa shape index (κ2) is 25.2. The van der Waals surface area contributed by atoms with Crippen molar-refractivity contribution in [1.29, 1.82) is 0 Å². The second-order valence-corrected chi connectivity index (χ2v) is 19.6. The highest BCUT2D eigenvalue weighted by molar-refractivity contribution is 6.00. The van der Waals surface area contributed by atoms with Crippen LogP contribution in [0.25, 0.3) is 10.9 Å². The number of aromatic nitrogens is 1. The molecule has 21 heteroatoms. The Labute approximate surface area is 414 Å². The number of nitrogens with one attached hydrogen (secondary N) is 8. The summed E-state index contributed by atoms with van der Waals surface area (Å²) in [7, 11) is 1.41. The molecule has 0 radical (unpaired) electrons. The maximum Gasteiger partial charge on any atom is 0.412 e. The van der Waals surface area contributed by atoms with Gasteiger partial charge < -0.3 is 56.0 Å². The van der Waals surface area contributed by atoms with Crippen molar-refractivity contribution in [2.45, 2.75) is 155 Å². The number of rotatable bonds is 20. The van der Waals surface area contributed by atoms with Crippen molar-refractivity contribution >= 4 is 69.9 Å². The van der Waals surface area contributed by atoms with Gasteiger partial charge in [0.15, 0.2) is 0 Å². The summed E-state index contributed by atoms with van der Waals surface area (Å²) in [6, 6.07) is 6.95. The number of urea groups is 1. The van der Waals surface area contributed by atoms with Gasteiger partial charge in [-0.05, 0) is 104 Å². The maximum absolute atomic E-state index is 14.2. The fraction of sp³-hybridized carbons (Fsp3) is 0.540. The molecule has 1 saturated heterocycles. The van der Waals surface area contributed by atoms with Crippen LogP contribution >= 0.6 is 0 Å². The number of nitrogens with zero attached hydrogens (tertiary/aromatic N) is 1. The molecule has 0 aliphatic carbocycles. The SMILES string of the molecule is CC[C@H](C)[C@H](NC(=O)N1CCC[C@H]1C(=O)N[C@H](C)C(=O)Nc1ccc2[nH]cc(NC(=O)OCc3ccccc3)c(=O)c2c1)C(=O)N[C@@H](CCC(=O)OC(C)(C)C)C(=O)N[C@H](C(=O)NC)[C@@H](C)OC(C)(C)C. The van der Waals surface area contributed by atoms with Crippen LogP contribution < -0.4 is 42.6 Å². The van der Waals surface area contributed by atoms with Crippen LogP contribution in [0.4, 0.5) is 21.0 Å². The van der Waals surface area contributed by atoms with E-state index in [0.717, 1.165) is 5.56 Å². The summed E-state index contributed by atoms with van der Waals surface area (Å²) in [4.78, 5) is 125. The number of anilines is 2. The molecule has 388 valence electrons. The molecule has 1 aliphatic rings. The average molecular weight is 990 g/mol. The van der Waals surface area contributed by atoms with Crippen LogP contribution in [0.1, 0.15) is 107 Å². The summed E-state index contributed by atoms with van der Waals surface area (Å²) in [6.07, 6.45) is 0.319. The van der Waals surface area contributed by atoms with E-state index in [2.05, 4.69) is 42.2 Å². The van der Waals surface area contributed by atoms with Gasteiger partial charge in [-0.25, -0.2) is 9.59 Å². The lowest BCUT2D eigenvalue weighted by Crippen LogP contribution is -2.61. The lowest BCUT2D eigenvalue weighted by atomic mass is 9.97. The zero-order chi connectivity index (χ0) is 52.8. The number of esters is 1. The van der Waals surface area contributed by atoms with Gasteiger partial charge in [0.1, 0.15) is 48.1 Å². The largest absolute Gasteiger partial charge is 0.460 e. The van der Waals surface area contributed by atoms with Crippen LogP contribution in [0.15, 0.2) is 59.5 Å². The Morgan fingerprint density at radius 1 is 0.803 bits per heavy atom. The molecule has 8 amide bonds. The summed E-state index contributed by atoms with van der Waals surface area (Å²) in [5.74, 6) is -4.43. The average Bonchev–Trinajstić information content (AvgIpc) is 3.81. The number of hydrogen-bond donors (Lipinski definition) is 8. The fourth-order valence-electron chi connectivity index (χ4n) is 7.70. The Kier molecular flexibility index (Phi) is 20.1. The Bertz CT molecular complexity index is 2450. The molecule has 2 heterocycles. The Hall–Kier alpha value is -7.03. The summed E-state index contributed by atoms with van der Waals surface area (Å²) in [6.45, 7) is 17.2. The molecule has 7 atom stereocenters. The summed E-state index contributed by atoms with van der Waals surface area (Å²) in [5, 5.41) is 18.6. The zero-order valence-electron chi connectivity index (χ0n) is 42.5. The predicted octanol–water partition coefficient (Wildman–Crippen LogP) is 4.35. The first-order chi connectivity index (χ1) is 33.3. The molecule has 21 nitrogen and oxygen atoms in total. The van der Waals surface area contributed by atoms with Gasteiger partial charge in [-0.2, -0.15) is 0 Å². The number of fused-ring (bicyclic) bond motifs is 1. The lowest BCUT2D eigenvalue weighted by molar-refractivity contribution is -0.155. The molecule has 1 fully saturated rings. The number of carbonyl (C=O) groups excluding carboxylic acids is 8. The molecule has 0 saturated carbocycles. The van der Waals surface area contributed by atoms with Gasteiger partial charge >= 0.3 is 18.1 Å². The van der Waals surface area contributed by atoms with E-state index >= 15 is 0 Å². The van der Waals surface area contributed by atoms with Crippen LogP contribution in [-0.2, 0) is 49.6 Å². The molecule has 1 aliphatic heterocycles. The van der Waals surface area contributed by atoms with Crippen molar-refractivity contribution in [3.05, 3.63) is 70.5 Å². The molecular weight excluding hydrogens is 919 g/mol. The van der Waals surface area contributed by atoms with Gasteiger partial charge in [0.25, 0.3) is 0 Å². The van der Waals surface area contributed by atoms with Crippen molar-refractivity contribution in [2.24, 2.45) is 5.92 Å². The highest BCUT2D eigenvalue weighted by Crippen LogP contribution is 2.21. The number of hydrogen-bond acceptors (Lipinski definition) is 12. The van der Waals surface area contributed by atoms with E-state index < -0.39 is 106 Å². The van der Waals surface area contributed by atoms with Gasteiger partial charge in [0.2, 0.25) is 35.0 Å². The standard InChI is InChI=1S/C50H71N9O12/c1-12-28(2)39(46(66)55-35(22-23-38(60)71-50(8,9)10)43(63)57-40(45(65)51-11)30(4)70-49(5,6)7)58-47(67)59-24-16-19-37(59)44(64)53-29(3)42(62)54-32-20-21-34-33(25-32)41(61)36(26-52-34)56-48(68)69-27-31-17-14-13-15-18-31/h13-15,17-18,20-21,25-26,28-30,35,37,39-40H,12,16,19,22-24,27H2,1-11H3,(H,51,65)(H,52,61)(H,53,64)(H,54,62)(H,55,66)(H,56,68)(H,57,63)(H,58,67)/t28-,29+,30+,35-,37-,39-,40-/m0/s1. The van der Waals surface area contributed by atoms with Crippen LogP contribution in [0.3, 0.4) is 0 Å². The normalized spacial score (nSPS) is 16.2. The van der Waals surface area contributed by atoms with Gasteiger partial charge in [-0.15, -0.1) is 0 Å². The van der Waals surface area contributed by atoms with E-state index in [1.807, 2.05) is 13.0 Å². The van der Waals surface area contributed by atoms with E-state index in [1.54, 1.807) is 91.8 Å². The van der Waals surface area contributed by atoms with Gasteiger partial charge in [-0.3, -0.25) is 38.9 Å². The number of benzene rings is 2. The monoisotopic (exact) mass is 990 g/mol. The van der Waals surface area contributed by atoms with E-state index in [1.165, 1.54) is 31.1 Å². The van der Waals surface area contributed by atoms with Crippen molar-refractivity contribution < 1.29 is 52.6 Å². The van der Waals surface area contributed by atoms with Crippen LogP contribution in [0.2, 0.25) is 0 Å². The lowest BCUT2D eigenvalue weighted by Gasteiger charge is -2.32.